The lowest BCUT2D eigenvalue weighted by atomic mass is 9.95. The molecule has 6 nitrogen and oxygen atoms in total. The molecule has 27 heavy (non-hydrogen) atoms. The van der Waals surface area contributed by atoms with Crippen LogP contribution in [0.25, 0.3) is 0 Å². The van der Waals surface area contributed by atoms with E-state index in [1.807, 2.05) is 42.5 Å². The number of likely N-dealkylation sites (tertiary alicyclic amines) is 1. The van der Waals surface area contributed by atoms with Gasteiger partial charge in [0, 0.05) is 25.0 Å². The molecule has 142 valence electrons. The van der Waals surface area contributed by atoms with Gasteiger partial charge in [-0.1, -0.05) is 42.5 Å². The first-order chi connectivity index (χ1) is 13.2. The fourth-order valence-corrected chi connectivity index (χ4v) is 3.75. The number of nitrogens with zero attached hydrogens (tertiary/aromatic N) is 1. The summed E-state index contributed by atoms with van der Waals surface area (Å²) in [4.78, 5) is 14.5. The molecule has 2 aliphatic rings. The highest BCUT2D eigenvalue weighted by molar-refractivity contribution is 5.78. The summed E-state index contributed by atoms with van der Waals surface area (Å²) in [5.41, 5.74) is 7.54. The summed E-state index contributed by atoms with van der Waals surface area (Å²) >= 11 is 0. The molecule has 2 aromatic carbocycles. The summed E-state index contributed by atoms with van der Waals surface area (Å²) < 4.78 is 11.5. The summed E-state index contributed by atoms with van der Waals surface area (Å²) in [6.45, 7) is 2.73. The van der Waals surface area contributed by atoms with Gasteiger partial charge in [0.05, 0.1) is 13.1 Å². The van der Waals surface area contributed by atoms with Crippen LogP contribution in [-0.4, -0.2) is 55.7 Å². The van der Waals surface area contributed by atoms with E-state index in [0.29, 0.717) is 19.7 Å². The monoisotopic (exact) mass is 367 g/mol. The number of para-hydroxylation sites is 2. The fourth-order valence-electron chi connectivity index (χ4n) is 3.75. The molecule has 1 fully saturated rings. The maximum absolute atomic E-state index is 12.3. The number of nitrogens with one attached hydrogen (secondary N) is 1. The minimum atomic E-state index is -0.179. The number of benzene rings is 2. The molecule has 1 amide bonds. The van der Waals surface area contributed by atoms with Gasteiger partial charge in [-0.3, -0.25) is 9.69 Å². The molecule has 0 aromatic heterocycles. The average Bonchev–Trinajstić information content (AvgIpc) is 3.07. The summed E-state index contributed by atoms with van der Waals surface area (Å²) in [5, 5.41) is 2.95. The van der Waals surface area contributed by atoms with E-state index in [2.05, 4.69) is 22.3 Å². The van der Waals surface area contributed by atoms with Crippen molar-refractivity contribution in [2.45, 2.75) is 18.1 Å². The molecule has 6 heteroatoms. The number of fused-ring (bicyclic) bond motifs is 1. The lowest BCUT2D eigenvalue weighted by molar-refractivity contribution is -0.122. The predicted molar refractivity (Wildman–Crippen MR) is 103 cm³/mol. The van der Waals surface area contributed by atoms with Gasteiger partial charge in [-0.15, -0.1) is 0 Å². The van der Waals surface area contributed by atoms with Crippen molar-refractivity contribution in [1.82, 2.24) is 10.2 Å². The standard InChI is InChI=1S/C21H25N3O3/c22-18-12-24(11-17(18)15-6-2-1-3-7-15)13-21(25)23-10-16-14-26-19-8-4-5-9-20(19)27-16/h1-9,16-18H,10-14,22H2,(H,23,25)/t16?,17-,18+/m0/s1. The molecule has 2 heterocycles. The van der Waals surface area contributed by atoms with Gasteiger partial charge in [0.2, 0.25) is 5.91 Å². The van der Waals surface area contributed by atoms with Crippen LogP contribution < -0.4 is 20.5 Å². The lowest BCUT2D eigenvalue weighted by Gasteiger charge is -2.26. The van der Waals surface area contributed by atoms with Crippen LogP contribution in [0.3, 0.4) is 0 Å². The molecule has 0 spiro atoms. The zero-order valence-corrected chi connectivity index (χ0v) is 15.2. The van der Waals surface area contributed by atoms with E-state index in [1.165, 1.54) is 5.56 Å². The van der Waals surface area contributed by atoms with Crippen molar-refractivity contribution < 1.29 is 14.3 Å². The smallest absolute Gasteiger partial charge is 0.234 e. The van der Waals surface area contributed by atoms with E-state index in [-0.39, 0.29) is 24.0 Å². The van der Waals surface area contributed by atoms with Crippen LogP contribution in [0.4, 0.5) is 0 Å². The fraction of sp³-hybridized carbons (Fsp3) is 0.381. The average molecular weight is 367 g/mol. The summed E-state index contributed by atoms with van der Waals surface area (Å²) in [7, 11) is 0. The zero-order valence-electron chi connectivity index (χ0n) is 15.2. The Hall–Kier alpha value is -2.57. The van der Waals surface area contributed by atoms with Crippen molar-refractivity contribution in [3.05, 3.63) is 60.2 Å². The minimum absolute atomic E-state index is 0.0154. The van der Waals surface area contributed by atoms with Crippen LogP contribution in [0.15, 0.2) is 54.6 Å². The van der Waals surface area contributed by atoms with Gasteiger partial charge in [-0.2, -0.15) is 0 Å². The highest BCUT2D eigenvalue weighted by Gasteiger charge is 2.32. The Morgan fingerprint density at radius 1 is 1.07 bits per heavy atom. The van der Waals surface area contributed by atoms with E-state index in [0.717, 1.165) is 24.6 Å². The third kappa shape index (κ3) is 4.23. The van der Waals surface area contributed by atoms with E-state index < -0.39 is 0 Å². The molecular formula is C21H25N3O3. The van der Waals surface area contributed by atoms with Gasteiger partial charge < -0.3 is 20.5 Å². The van der Waals surface area contributed by atoms with Gasteiger partial charge in [0.15, 0.2) is 11.5 Å². The molecule has 0 radical (unpaired) electrons. The number of hydrogen-bond donors (Lipinski definition) is 2. The molecule has 1 unspecified atom stereocenters. The third-order valence-electron chi connectivity index (χ3n) is 5.13. The molecule has 2 aromatic rings. The molecule has 0 aliphatic carbocycles. The van der Waals surface area contributed by atoms with E-state index in [1.54, 1.807) is 0 Å². The molecular weight excluding hydrogens is 342 g/mol. The molecule has 0 bridgehead atoms. The number of amides is 1. The van der Waals surface area contributed by atoms with Crippen LogP contribution in [-0.2, 0) is 4.79 Å². The van der Waals surface area contributed by atoms with Crippen LogP contribution in [0.1, 0.15) is 11.5 Å². The van der Waals surface area contributed by atoms with E-state index in [4.69, 9.17) is 15.2 Å². The van der Waals surface area contributed by atoms with Crippen LogP contribution in [0, 0.1) is 0 Å². The number of carbonyl (C=O) groups is 1. The zero-order chi connectivity index (χ0) is 18.6. The molecule has 3 atom stereocenters. The maximum Gasteiger partial charge on any atom is 0.234 e. The van der Waals surface area contributed by atoms with Gasteiger partial charge in [0.1, 0.15) is 12.7 Å². The number of carbonyl (C=O) groups excluding carboxylic acids is 1. The molecule has 1 saturated heterocycles. The second-order valence-electron chi connectivity index (χ2n) is 7.18. The van der Waals surface area contributed by atoms with E-state index in [9.17, 15) is 4.79 Å². The first kappa shape index (κ1) is 17.8. The lowest BCUT2D eigenvalue weighted by Crippen LogP contribution is -2.44. The van der Waals surface area contributed by atoms with Gasteiger partial charge >= 0.3 is 0 Å². The third-order valence-corrected chi connectivity index (χ3v) is 5.13. The number of hydrogen-bond acceptors (Lipinski definition) is 5. The number of nitrogens with two attached hydrogens (primary N) is 1. The minimum Gasteiger partial charge on any atom is -0.486 e. The van der Waals surface area contributed by atoms with Gasteiger partial charge in [-0.05, 0) is 17.7 Å². The SMILES string of the molecule is N[C@@H]1CN(CC(=O)NCC2COc3ccccc3O2)C[C@H]1c1ccccc1. The largest absolute Gasteiger partial charge is 0.486 e. The predicted octanol–water partition coefficient (Wildman–Crippen LogP) is 1.37. The Bertz CT molecular complexity index is 783. The highest BCUT2D eigenvalue weighted by Crippen LogP contribution is 2.30. The Morgan fingerprint density at radius 2 is 1.81 bits per heavy atom. The molecule has 0 saturated carbocycles. The van der Waals surface area contributed by atoms with Crippen LogP contribution >= 0.6 is 0 Å². The van der Waals surface area contributed by atoms with Crippen molar-refractivity contribution in [1.29, 1.82) is 0 Å². The summed E-state index contributed by atoms with van der Waals surface area (Å²) in [6, 6.07) is 17.9. The maximum atomic E-state index is 12.3. The first-order valence-corrected chi connectivity index (χ1v) is 9.37. The second-order valence-corrected chi connectivity index (χ2v) is 7.18. The Morgan fingerprint density at radius 3 is 2.63 bits per heavy atom. The first-order valence-electron chi connectivity index (χ1n) is 9.37. The van der Waals surface area contributed by atoms with Crippen LogP contribution in [0.5, 0.6) is 11.5 Å². The van der Waals surface area contributed by atoms with Gasteiger partial charge in [-0.25, -0.2) is 0 Å². The number of ether oxygens (including phenoxy) is 2. The number of rotatable bonds is 5. The van der Waals surface area contributed by atoms with Crippen molar-refractivity contribution in [3.8, 4) is 11.5 Å². The van der Waals surface area contributed by atoms with Crippen LogP contribution in [0.2, 0.25) is 0 Å². The highest BCUT2D eigenvalue weighted by atomic mass is 16.6. The normalized spacial score (nSPS) is 24.6. The van der Waals surface area contributed by atoms with Crippen molar-refractivity contribution in [2.75, 3.05) is 32.8 Å². The Kier molecular flexibility index (Phi) is 5.27. The van der Waals surface area contributed by atoms with Gasteiger partial charge in [0.25, 0.3) is 0 Å². The topological polar surface area (TPSA) is 76.8 Å². The molecule has 3 N–H and O–H groups in total. The van der Waals surface area contributed by atoms with Crippen molar-refractivity contribution in [2.24, 2.45) is 5.73 Å². The molecule has 2 aliphatic heterocycles. The Labute approximate surface area is 159 Å². The second kappa shape index (κ2) is 7.98. The molecule has 4 rings (SSSR count). The van der Waals surface area contributed by atoms with Crippen molar-refractivity contribution >= 4 is 5.91 Å². The van der Waals surface area contributed by atoms with Crippen molar-refractivity contribution in [3.63, 3.8) is 0 Å². The Balaban J connectivity index is 1.25. The summed E-state index contributed by atoms with van der Waals surface area (Å²) in [6.07, 6.45) is -0.179. The van der Waals surface area contributed by atoms with E-state index >= 15 is 0 Å². The quantitative estimate of drug-likeness (QED) is 0.835. The summed E-state index contributed by atoms with van der Waals surface area (Å²) in [5.74, 6) is 1.72.